The zero-order chi connectivity index (χ0) is 36.5. The zero-order valence-electron chi connectivity index (χ0n) is 32.8. The predicted octanol–water partition coefficient (Wildman–Crippen LogP) is 11.8. The molecule has 0 fully saturated rings. The first kappa shape index (κ1) is 27.5. The highest BCUT2D eigenvalue weighted by atomic mass is 16.5. The van der Waals surface area contributed by atoms with Crippen molar-refractivity contribution in [2.45, 2.75) is 80.5 Å². The monoisotopic (exact) mass is 738 g/mol. The van der Waals surface area contributed by atoms with Crippen molar-refractivity contribution in [1.82, 2.24) is 0 Å². The van der Waals surface area contributed by atoms with Crippen LogP contribution in [0.15, 0.2) is 60.7 Å². The number of aryl methyl sites for hydroxylation is 1. The lowest BCUT2D eigenvalue weighted by molar-refractivity contribution is 0.168. The maximum atomic E-state index is 5.89. The Morgan fingerprint density at radius 2 is 1.02 bits per heavy atom. The smallest absolute Gasteiger partial charge is 0.119 e. The van der Waals surface area contributed by atoms with Crippen molar-refractivity contribution in [3.05, 3.63) is 155 Å². The van der Waals surface area contributed by atoms with Crippen molar-refractivity contribution < 1.29 is 4.74 Å². The van der Waals surface area contributed by atoms with Crippen LogP contribution in [0.5, 0.6) is 5.75 Å². The molecular formula is C57H38O. The van der Waals surface area contributed by atoms with Crippen molar-refractivity contribution in [1.29, 1.82) is 0 Å². The Balaban J connectivity index is 1.02. The van der Waals surface area contributed by atoms with E-state index >= 15 is 0 Å². The molecule has 6 aromatic rings. The minimum Gasteiger partial charge on any atom is -0.497 e. The van der Waals surface area contributed by atoms with E-state index in [0.29, 0.717) is 47.3 Å². The average Bonchev–Trinajstić information content (AvgIpc) is 4.06. The summed E-state index contributed by atoms with van der Waals surface area (Å²) in [5, 5.41) is 10.7. The van der Waals surface area contributed by atoms with Gasteiger partial charge in [-0.2, -0.15) is 0 Å². The first-order chi connectivity index (χ1) is 28.5. The van der Waals surface area contributed by atoms with Crippen molar-refractivity contribution >= 4 is 54.6 Å². The van der Waals surface area contributed by atoms with Gasteiger partial charge in [-0.15, -0.1) is 0 Å². The summed E-state index contributed by atoms with van der Waals surface area (Å²) < 4.78 is 5.89. The van der Waals surface area contributed by atoms with E-state index in [1.54, 1.807) is 99.1 Å². The molecule has 0 saturated heterocycles. The fraction of sp³-hybridized carbons (Fsp3) is 0.333. The summed E-state index contributed by atoms with van der Waals surface area (Å²) in [6.45, 7) is 2.32. The van der Waals surface area contributed by atoms with Crippen LogP contribution in [0.3, 0.4) is 0 Å². The Labute approximate surface area is 336 Å². The third kappa shape index (κ3) is 2.22. The highest BCUT2D eigenvalue weighted by molar-refractivity contribution is 6.38. The fourth-order valence-corrected chi connectivity index (χ4v) is 19.7. The summed E-state index contributed by atoms with van der Waals surface area (Å²) >= 11 is 0. The molecule has 20 rings (SSSR count). The molecule has 0 N–H and O–H groups in total. The molecule has 0 saturated carbocycles. The standard InChI is InChI=1S/C57H38O/c1-20-3-4-21-16-56-18-28-9-25-10-29-19-57-17-22-5-6-30(58-2)11-24(22)15-34(57)32-13-27-8-26-12-31(33(56)14-23(21)7-20)40-44-35(26)36(27)45-41(32)53-51-47-43(39(29)55(53)57)37(25)42-38(28)54(56)52(40)50(46(42)47)48(44)49(45)51/h3-7,9-13,25,31-34,37,40-41H,8,14-19H2,1-2H3. The summed E-state index contributed by atoms with van der Waals surface area (Å²) in [6.07, 6.45) is 20.2. The quantitative estimate of drug-likeness (QED) is 0.153. The summed E-state index contributed by atoms with van der Waals surface area (Å²) in [5.41, 5.74) is 36.9. The predicted molar refractivity (Wildman–Crippen MR) is 230 cm³/mol. The lowest BCUT2D eigenvalue weighted by atomic mass is 9.49. The topological polar surface area (TPSA) is 9.23 Å². The molecule has 2 spiro atoms. The van der Waals surface area contributed by atoms with Crippen LogP contribution < -0.4 is 4.74 Å². The van der Waals surface area contributed by atoms with Gasteiger partial charge in [0.2, 0.25) is 0 Å². The number of methoxy groups -OCH3 is 1. The molecule has 58 heavy (non-hydrogen) atoms. The van der Waals surface area contributed by atoms with Crippen LogP contribution in [0.4, 0.5) is 0 Å². The summed E-state index contributed by atoms with van der Waals surface area (Å²) in [7, 11) is 1.85. The van der Waals surface area contributed by atoms with Gasteiger partial charge in [0.15, 0.2) is 0 Å². The van der Waals surface area contributed by atoms with Crippen LogP contribution in [-0.2, 0) is 36.5 Å². The second-order valence-corrected chi connectivity index (χ2v) is 22.1. The van der Waals surface area contributed by atoms with Crippen molar-refractivity contribution in [2.24, 2.45) is 29.6 Å². The largest absolute Gasteiger partial charge is 0.497 e. The number of benzene rings is 6. The molecule has 0 aliphatic heterocycles. The van der Waals surface area contributed by atoms with Gasteiger partial charge in [0.25, 0.3) is 0 Å². The zero-order valence-corrected chi connectivity index (χ0v) is 32.8. The Morgan fingerprint density at radius 1 is 0.500 bits per heavy atom. The second kappa shape index (κ2) is 7.60. The van der Waals surface area contributed by atoms with E-state index in [4.69, 9.17) is 4.74 Å². The van der Waals surface area contributed by atoms with Crippen LogP contribution in [-0.4, -0.2) is 7.11 Å². The highest BCUT2D eigenvalue weighted by Crippen LogP contribution is 2.81. The number of hydrogen-bond acceptors (Lipinski definition) is 1. The summed E-state index contributed by atoms with van der Waals surface area (Å²) in [5.74, 6) is 5.41. The molecule has 0 aromatic heterocycles. The number of allylic oxidation sites excluding steroid dienone is 8. The lowest BCUT2D eigenvalue weighted by Gasteiger charge is -2.54. The van der Waals surface area contributed by atoms with Crippen molar-refractivity contribution in [2.75, 3.05) is 7.11 Å². The van der Waals surface area contributed by atoms with Crippen LogP contribution in [0.2, 0.25) is 0 Å². The first-order valence-electron chi connectivity index (χ1n) is 22.9. The molecule has 10 unspecified atom stereocenters. The van der Waals surface area contributed by atoms with E-state index < -0.39 is 0 Å². The van der Waals surface area contributed by atoms with Gasteiger partial charge in [-0.3, -0.25) is 0 Å². The Kier molecular flexibility index (Phi) is 3.61. The van der Waals surface area contributed by atoms with Gasteiger partial charge < -0.3 is 4.74 Å². The third-order valence-corrected chi connectivity index (χ3v) is 20.8. The summed E-state index contributed by atoms with van der Waals surface area (Å²) in [6, 6.07) is 14.7. The van der Waals surface area contributed by atoms with E-state index in [-0.39, 0.29) is 10.8 Å². The van der Waals surface area contributed by atoms with Gasteiger partial charge in [0.05, 0.1) is 7.11 Å². The third-order valence-electron chi connectivity index (χ3n) is 20.8. The molecule has 0 bridgehead atoms. The molecule has 0 heterocycles. The van der Waals surface area contributed by atoms with Crippen LogP contribution in [0, 0.1) is 36.5 Å². The lowest BCUT2D eigenvalue weighted by Crippen LogP contribution is -2.49. The van der Waals surface area contributed by atoms with Gasteiger partial charge in [0, 0.05) is 34.5 Å². The van der Waals surface area contributed by atoms with Crippen LogP contribution in [0.1, 0.15) is 132 Å². The van der Waals surface area contributed by atoms with Gasteiger partial charge in [-0.05, 0) is 231 Å². The van der Waals surface area contributed by atoms with Gasteiger partial charge in [-0.25, -0.2) is 0 Å². The molecule has 6 aromatic carbocycles. The molecule has 1 heteroatoms. The Bertz CT molecular complexity index is 3600. The maximum Gasteiger partial charge on any atom is 0.119 e. The number of rotatable bonds is 1. The number of hydrogen-bond donors (Lipinski definition) is 0. The number of ether oxygens (including phenoxy) is 1. The Morgan fingerprint density at radius 3 is 1.59 bits per heavy atom. The molecule has 272 valence electrons. The van der Waals surface area contributed by atoms with Crippen molar-refractivity contribution in [3.63, 3.8) is 0 Å². The molecule has 10 atom stereocenters. The molecular weight excluding hydrogens is 701 g/mol. The Hall–Kier alpha value is -5.14. The van der Waals surface area contributed by atoms with Crippen LogP contribution in [0.25, 0.3) is 54.6 Å². The minimum absolute atomic E-state index is 0.164. The highest BCUT2D eigenvalue weighted by Gasteiger charge is 2.68. The SMILES string of the molecule is COc1ccc2c(c1)CC1C3C=C4CC5=CC6C7c8c9c%10c%11c%12c%13c%14c%15c(c%16c%13c%13c(c4c5c7c%13c8%12)C%163)C1(CC%15=CC(C=C%10CC91Cc3ccc(C)cc3CC61)C%11%14)C2. The normalized spacial score (nSPS) is 36.5. The minimum atomic E-state index is 0.164. The maximum absolute atomic E-state index is 5.89. The van der Waals surface area contributed by atoms with Gasteiger partial charge in [0.1, 0.15) is 5.75 Å². The van der Waals surface area contributed by atoms with Gasteiger partial charge >= 0.3 is 0 Å². The van der Waals surface area contributed by atoms with Crippen LogP contribution >= 0.6 is 0 Å². The van der Waals surface area contributed by atoms with Gasteiger partial charge in [-0.1, -0.05) is 54.1 Å². The molecule has 14 aliphatic rings. The molecule has 14 aliphatic carbocycles. The average molecular weight is 739 g/mol. The van der Waals surface area contributed by atoms with E-state index in [1.165, 1.54) is 44.1 Å². The molecule has 0 amide bonds. The molecule has 0 radical (unpaired) electrons. The van der Waals surface area contributed by atoms with E-state index in [2.05, 4.69) is 67.6 Å². The molecule has 1 nitrogen and oxygen atoms in total. The fourth-order valence-electron chi connectivity index (χ4n) is 19.7. The van der Waals surface area contributed by atoms with E-state index in [0.717, 1.165) is 12.2 Å². The first-order valence-corrected chi connectivity index (χ1v) is 22.9. The second-order valence-electron chi connectivity index (χ2n) is 22.1. The van der Waals surface area contributed by atoms with E-state index in [9.17, 15) is 0 Å². The van der Waals surface area contributed by atoms with Crippen molar-refractivity contribution in [3.8, 4) is 5.75 Å². The van der Waals surface area contributed by atoms with E-state index in [1.807, 2.05) is 51.6 Å². The summed E-state index contributed by atoms with van der Waals surface area (Å²) in [4.78, 5) is 0. The number of fused-ring (bicyclic) bond motifs is 4.